The van der Waals surface area contributed by atoms with Crippen molar-refractivity contribution < 1.29 is 17.9 Å². The SMILES string of the molecule is Cc1ccc(S(=O)(=O)O)c(CC(C)(C)[N+](=O)[O-])c1. The molecular weight excluding hydrogens is 258 g/mol. The molecule has 0 aliphatic carbocycles. The van der Waals surface area contributed by atoms with Gasteiger partial charge in [-0.2, -0.15) is 8.42 Å². The molecule has 1 aromatic rings. The summed E-state index contributed by atoms with van der Waals surface area (Å²) in [7, 11) is -4.37. The molecule has 0 aliphatic heterocycles. The summed E-state index contributed by atoms with van der Waals surface area (Å²) >= 11 is 0. The molecule has 0 saturated carbocycles. The van der Waals surface area contributed by atoms with Crippen LogP contribution in [0, 0.1) is 17.0 Å². The zero-order chi connectivity index (χ0) is 14.1. The van der Waals surface area contributed by atoms with Crippen molar-refractivity contribution in [1.29, 1.82) is 0 Å². The lowest BCUT2D eigenvalue weighted by Crippen LogP contribution is -2.33. The van der Waals surface area contributed by atoms with Crippen LogP contribution in [0.2, 0.25) is 0 Å². The Kier molecular flexibility index (Phi) is 3.78. The van der Waals surface area contributed by atoms with Crippen molar-refractivity contribution in [2.45, 2.75) is 37.6 Å². The molecule has 6 nitrogen and oxygen atoms in total. The fourth-order valence-corrected chi connectivity index (χ4v) is 2.33. The summed E-state index contributed by atoms with van der Waals surface area (Å²) in [6.07, 6.45) is -0.0726. The van der Waals surface area contributed by atoms with E-state index in [4.69, 9.17) is 4.55 Å². The van der Waals surface area contributed by atoms with Gasteiger partial charge in [-0.05, 0) is 18.6 Å². The average Bonchev–Trinajstić information content (AvgIpc) is 2.14. The first kappa shape index (κ1) is 14.6. The molecule has 1 N–H and O–H groups in total. The van der Waals surface area contributed by atoms with E-state index in [0.29, 0.717) is 0 Å². The molecule has 0 aromatic heterocycles. The lowest BCUT2D eigenvalue weighted by atomic mass is 9.95. The topological polar surface area (TPSA) is 97.5 Å². The summed E-state index contributed by atoms with van der Waals surface area (Å²) in [6.45, 7) is 4.56. The Bertz CT molecular complexity index is 577. The van der Waals surface area contributed by atoms with Crippen LogP contribution in [0.25, 0.3) is 0 Å². The first-order valence-electron chi connectivity index (χ1n) is 5.25. The zero-order valence-corrected chi connectivity index (χ0v) is 11.2. The zero-order valence-electron chi connectivity index (χ0n) is 10.4. The van der Waals surface area contributed by atoms with E-state index in [1.54, 1.807) is 6.92 Å². The van der Waals surface area contributed by atoms with Gasteiger partial charge in [-0.15, -0.1) is 0 Å². The van der Waals surface area contributed by atoms with E-state index in [9.17, 15) is 18.5 Å². The minimum Gasteiger partial charge on any atom is -0.282 e. The quantitative estimate of drug-likeness (QED) is 0.513. The van der Waals surface area contributed by atoms with E-state index < -0.39 is 20.6 Å². The Morgan fingerprint density at radius 3 is 2.39 bits per heavy atom. The van der Waals surface area contributed by atoms with Crippen molar-refractivity contribution in [3.05, 3.63) is 39.4 Å². The Balaban J connectivity index is 3.32. The molecule has 0 atom stereocenters. The standard InChI is InChI=1S/C11H15NO5S/c1-8-4-5-10(18(15,16)17)9(6-8)7-11(2,3)12(13)14/h4-6H,7H2,1-3H3,(H,15,16,17). The van der Waals surface area contributed by atoms with Gasteiger partial charge in [0.15, 0.2) is 0 Å². The van der Waals surface area contributed by atoms with E-state index >= 15 is 0 Å². The number of benzene rings is 1. The molecule has 0 spiro atoms. The van der Waals surface area contributed by atoms with E-state index in [1.165, 1.54) is 32.0 Å². The van der Waals surface area contributed by atoms with Gasteiger partial charge in [0.1, 0.15) is 0 Å². The molecule has 7 heteroatoms. The monoisotopic (exact) mass is 273 g/mol. The molecule has 0 fully saturated rings. The van der Waals surface area contributed by atoms with Gasteiger partial charge in [-0.25, -0.2) is 0 Å². The van der Waals surface area contributed by atoms with Crippen molar-refractivity contribution in [3.8, 4) is 0 Å². The van der Waals surface area contributed by atoms with Crippen LogP contribution in [0.3, 0.4) is 0 Å². The maximum Gasteiger partial charge on any atom is 0.294 e. The molecule has 1 aromatic carbocycles. The molecule has 0 unspecified atom stereocenters. The average molecular weight is 273 g/mol. The maximum absolute atomic E-state index is 11.2. The lowest BCUT2D eigenvalue weighted by molar-refractivity contribution is -0.560. The van der Waals surface area contributed by atoms with Gasteiger partial charge < -0.3 is 0 Å². The number of hydrogen-bond donors (Lipinski definition) is 1. The molecule has 0 heterocycles. The van der Waals surface area contributed by atoms with E-state index in [-0.39, 0.29) is 16.9 Å². The van der Waals surface area contributed by atoms with E-state index in [0.717, 1.165) is 5.56 Å². The van der Waals surface area contributed by atoms with Crippen molar-refractivity contribution in [1.82, 2.24) is 0 Å². The molecular formula is C11H15NO5S. The van der Waals surface area contributed by atoms with Gasteiger partial charge in [-0.1, -0.05) is 17.7 Å². The fraction of sp³-hybridized carbons (Fsp3) is 0.455. The van der Waals surface area contributed by atoms with E-state index in [2.05, 4.69) is 0 Å². The van der Waals surface area contributed by atoms with Crippen LogP contribution < -0.4 is 0 Å². The van der Waals surface area contributed by atoms with Crippen LogP contribution in [0.1, 0.15) is 25.0 Å². The fourth-order valence-electron chi connectivity index (χ4n) is 1.63. The predicted octanol–water partition coefficient (Wildman–Crippen LogP) is 1.84. The van der Waals surface area contributed by atoms with Crippen molar-refractivity contribution in [3.63, 3.8) is 0 Å². The summed E-state index contributed by atoms with van der Waals surface area (Å²) in [6, 6.07) is 4.33. The summed E-state index contributed by atoms with van der Waals surface area (Å²) < 4.78 is 31.5. The van der Waals surface area contributed by atoms with Gasteiger partial charge in [-0.3, -0.25) is 14.7 Å². The number of hydrogen-bond acceptors (Lipinski definition) is 4. The van der Waals surface area contributed by atoms with Gasteiger partial charge in [0, 0.05) is 25.2 Å². The smallest absolute Gasteiger partial charge is 0.282 e. The second-order valence-electron chi connectivity index (χ2n) is 4.83. The first-order valence-corrected chi connectivity index (χ1v) is 6.69. The number of aryl methyl sites for hydroxylation is 1. The first-order chi connectivity index (χ1) is 8.04. The highest BCUT2D eigenvalue weighted by molar-refractivity contribution is 7.85. The Morgan fingerprint density at radius 2 is 1.94 bits per heavy atom. The Labute approximate surface area is 106 Å². The molecule has 0 aliphatic rings. The molecule has 0 amide bonds. The Hall–Kier alpha value is -1.47. The summed E-state index contributed by atoms with van der Waals surface area (Å²) in [5, 5.41) is 10.9. The summed E-state index contributed by atoms with van der Waals surface area (Å²) in [5.41, 5.74) is -0.275. The third kappa shape index (κ3) is 3.27. The molecule has 1 rings (SSSR count). The van der Waals surface area contributed by atoms with Crippen LogP contribution in [0.4, 0.5) is 0 Å². The van der Waals surface area contributed by atoms with Gasteiger partial charge >= 0.3 is 0 Å². The molecule has 100 valence electrons. The third-order valence-corrected chi connectivity index (χ3v) is 3.57. The maximum atomic E-state index is 11.2. The van der Waals surface area contributed by atoms with Crippen LogP contribution in [0.15, 0.2) is 23.1 Å². The summed E-state index contributed by atoms with van der Waals surface area (Å²) in [5.74, 6) is 0. The van der Waals surface area contributed by atoms with Gasteiger partial charge in [0.2, 0.25) is 5.54 Å². The minimum atomic E-state index is -4.37. The highest BCUT2D eigenvalue weighted by Crippen LogP contribution is 2.23. The number of nitro groups is 1. The largest absolute Gasteiger partial charge is 0.294 e. The number of nitrogens with zero attached hydrogens (tertiary/aromatic N) is 1. The third-order valence-electron chi connectivity index (χ3n) is 2.61. The van der Waals surface area contributed by atoms with Crippen molar-refractivity contribution in [2.24, 2.45) is 0 Å². The molecule has 0 saturated heterocycles. The van der Waals surface area contributed by atoms with Crippen LogP contribution >= 0.6 is 0 Å². The second kappa shape index (κ2) is 4.66. The normalized spacial score (nSPS) is 12.4. The van der Waals surface area contributed by atoms with Crippen molar-refractivity contribution in [2.75, 3.05) is 0 Å². The highest BCUT2D eigenvalue weighted by atomic mass is 32.2. The summed E-state index contributed by atoms with van der Waals surface area (Å²) in [4.78, 5) is 10.1. The van der Waals surface area contributed by atoms with Crippen LogP contribution in [-0.4, -0.2) is 23.4 Å². The van der Waals surface area contributed by atoms with Crippen LogP contribution in [0.5, 0.6) is 0 Å². The Morgan fingerprint density at radius 1 is 1.39 bits per heavy atom. The van der Waals surface area contributed by atoms with E-state index in [1.807, 2.05) is 0 Å². The second-order valence-corrected chi connectivity index (χ2v) is 6.22. The van der Waals surface area contributed by atoms with Crippen molar-refractivity contribution >= 4 is 10.1 Å². The minimum absolute atomic E-state index is 0.0726. The predicted molar refractivity (Wildman–Crippen MR) is 65.8 cm³/mol. The molecule has 18 heavy (non-hydrogen) atoms. The van der Waals surface area contributed by atoms with Gasteiger partial charge in [0.25, 0.3) is 10.1 Å². The lowest BCUT2D eigenvalue weighted by Gasteiger charge is -2.17. The number of rotatable bonds is 4. The van der Waals surface area contributed by atoms with Gasteiger partial charge in [0.05, 0.1) is 4.90 Å². The molecule has 0 radical (unpaired) electrons. The highest BCUT2D eigenvalue weighted by Gasteiger charge is 2.33. The van der Waals surface area contributed by atoms with Crippen LogP contribution in [-0.2, 0) is 16.5 Å². The molecule has 0 bridgehead atoms.